The van der Waals surface area contributed by atoms with E-state index in [1.54, 1.807) is 31.3 Å². The van der Waals surface area contributed by atoms with Gasteiger partial charge in [0.15, 0.2) is 11.9 Å². The predicted molar refractivity (Wildman–Crippen MR) is 111 cm³/mol. The fourth-order valence-electron chi connectivity index (χ4n) is 4.12. The Bertz CT molecular complexity index is 904. The number of Topliss-reactive ketones (excluding diaryl/α,β-unsaturated/α-hetero) is 1. The van der Waals surface area contributed by atoms with Crippen LogP contribution in [0, 0.1) is 0 Å². The van der Waals surface area contributed by atoms with Crippen molar-refractivity contribution in [1.29, 1.82) is 0 Å². The Labute approximate surface area is 180 Å². The van der Waals surface area contributed by atoms with Gasteiger partial charge in [-0.2, -0.15) is 0 Å². The topological polar surface area (TPSA) is 113 Å². The van der Waals surface area contributed by atoms with E-state index in [1.165, 1.54) is 18.7 Å². The van der Waals surface area contributed by atoms with Gasteiger partial charge in [-0.05, 0) is 51.0 Å². The van der Waals surface area contributed by atoms with Crippen molar-refractivity contribution in [1.82, 2.24) is 9.80 Å². The molecule has 1 unspecified atom stereocenters. The summed E-state index contributed by atoms with van der Waals surface area (Å²) in [6.45, 7) is 2.31. The highest BCUT2D eigenvalue weighted by atomic mass is 16.5. The van der Waals surface area contributed by atoms with Crippen molar-refractivity contribution in [3.8, 4) is 0 Å². The highest BCUT2D eigenvalue weighted by Crippen LogP contribution is 2.39. The Balaban J connectivity index is 1.57. The number of nitrogens with zero attached hydrogens (tertiary/aromatic N) is 2. The lowest BCUT2D eigenvalue weighted by Gasteiger charge is -2.35. The molecule has 1 aliphatic heterocycles. The monoisotopic (exact) mass is 429 g/mol. The van der Waals surface area contributed by atoms with Crippen molar-refractivity contribution in [3.63, 3.8) is 0 Å². The molecule has 9 nitrogen and oxygen atoms in total. The molecule has 1 saturated heterocycles. The molecule has 31 heavy (non-hydrogen) atoms. The molecule has 1 aliphatic carbocycles. The number of carbonyl (C=O) groups excluding carboxylic acids is 5. The Morgan fingerprint density at radius 2 is 1.71 bits per heavy atom. The van der Waals surface area contributed by atoms with Crippen LogP contribution in [0.3, 0.4) is 0 Å². The number of esters is 1. The number of imide groups is 1. The summed E-state index contributed by atoms with van der Waals surface area (Å²) in [4.78, 5) is 63.8. The van der Waals surface area contributed by atoms with E-state index in [0.29, 0.717) is 24.1 Å². The summed E-state index contributed by atoms with van der Waals surface area (Å²) < 4.78 is 5.15. The van der Waals surface area contributed by atoms with Gasteiger partial charge in [0.05, 0.1) is 0 Å². The summed E-state index contributed by atoms with van der Waals surface area (Å²) in [5, 5.41) is 2.59. The average molecular weight is 429 g/mol. The van der Waals surface area contributed by atoms with Gasteiger partial charge in [0.25, 0.3) is 11.8 Å². The van der Waals surface area contributed by atoms with Crippen LogP contribution in [0.4, 0.5) is 10.5 Å². The van der Waals surface area contributed by atoms with Gasteiger partial charge in [0.2, 0.25) is 0 Å². The van der Waals surface area contributed by atoms with E-state index in [-0.39, 0.29) is 11.7 Å². The van der Waals surface area contributed by atoms with Gasteiger partial charge in [-0.3, -0.25) is 24.1 Å². The minimum atomic E-state index is -1.13. The van der Waals surface area contributed by atoms with Crippen molar-refractivity contribution < 1.29 is 28.7 Å². The highest BCUT2D eigenvalue weighted by molar-refractivity contribution is 6.08. The first-order valence-electron chi connectivity index (χ1n) is 10.4. The first-order chi connectivity index (χ1) is 14.7. The summed E-state index contributed by atoms with van der Waals surface area (Å²) in [7, 11) is 1.59. The van der Waals surface area contributed by atoms with E-state index in [0.717, 1.165) is 24.2 Å². The number of nitrogens with one attached hydrogen (secondary N) is 1. The minimum absolute atomic E-state index is 0.0909. The molecule has 166 valence electrons. The number of benzene rings is 1. The van der Waals surface area contributed by atoms with Gasteiger partial charge >= 0.3 is 12.0 Å². The van der Waals surface area contributed by atoms with Gasteiger partial charge < -0.3 is 15.0 Å². The fourth-order valence-corrected chi connectivity index (χ4v) is 4.12. The SMILES string of the molecule is CC(=O)c1ccc(NC(=O)C(C)OC(=O)CN2C(=O)N(C)C3(CCCCC3)C2=O)cc1. The van der Waals surface area contributed by atoms with E-state index in [2.05, 4.69) is 5.32 Å². The molecule has 9 heteroatoms. The number of amides is 4. The quantitative estimate of drug-likeness (QED) is 0.422. The number of ketones is 1. The standard InChI is InChI=1S/C22H27N3O6/c1-14(26)16-7-9-17(10-8-16)23-19(28)15(2)31-18(27)13-25-20(29)22(24(3)21(25)30)11-5-4-6-12-22/h7-10,15H,4-6,11-13H2,1-3H3,(H,23,28). The maximum atomic E-state index is 12.9. The number of hydrogen-bond donors (Lipinski definition) is 1. The van der Waals surface area contributed by atoms with Gasteiger partial charge in [-0.25, -0.2) is 4.79 Å². The predicted octanol–water partition coefficient (Wildman–Crippen LogP) is 2.36. The molecular weight excluding hydrogens is 402 g/mol. The molecule has 0 radical (unpaired) electrons. The second-order valence-electron chi connectivity index (χ2n) is 8.08. The highest BCUT2D eigenvalue weighted by Gasteiger charge is 2.56. The molecule has 2 aliphatic rings. The molecule has 4 amide bonds. The molecule has 1 aromatic carbocycles. The number of carbonyl (C=O) groups is 5. The summed E-state index contributed by atoms with van der Waals surface area (Å²) in [5.41, 5.74) is 0.0896. The lowest BCUT2D eigenvalue weighted by Crippen LogP contribution is -2.49. The first kappa shape index (κ1) is 22.5. The molecule has 3 rings (SSSR count). The van der Waals surface area contributed by atoms with Crippen LogP contribution in [0.25, 0.3) is 0 Å². The Morgan fingerprint density at radius 3 is 2.29 bits per heavy atom. The second kappa shape index (κ2) is 8.87. The van der Waals surface area contributed by atoms with Crippen LogP contribution < -0.4 is 5.32 Å². The molecule has 1 aromatic rings. The first-order valence-corrected chi connectivity index (χ1v) is 10.4. The van der Waals surface area contributed by atoms with Crippen LogP contribution in [0.2, 0.25) is 0 Å². The van der Waals surface area contributed by atoms with Crippen molar-refractivity contribution >= 4 is 35.3 Å². The number of ether oxygens (including phenoxy) is 1. The van der Waals surface area contributed by atoms with E-state index in [1.807, 2.05) is 0 Å². The minimum Gasteiger partial charge on any atom is -0.451 e. The molecule has 0 aromatic heterocycles. The van der Waals surface area contributed by atoms with E-state index >= 15 is 0 Å². The van der Waals surface area contributed by atoms with Crippen molar-refractivity contribution in [2.75, 3.05) is 18.9 Å². The summed E-state index contributed by atoms with van der Waals surface area (Å²) in [6, 6.07) is 5.79. The lowest BCUT2D eigenvalue weighted by molar-refractivity contribution is -0.155. The molecule has 2 fully saturated rings. The molecule has 1 atom stereocenters. The Morgan fingerprint density at radius 1 is 1.10 bits per heavy atom. The zero-order valence-corrected chi connectivity index (χ0v) is 18.0. The van der Waals surface area contributed by atoms with Crippen LogP contribution in [-0.4, -0.2) is 64.6 Å². The number of hydrogen-bond acceptors (Lipinski definition) is 6. The second-order valence-corrected chi connectivity index (χ2v) is 8.08. The molecule has 1 heterocycles. The van der Waals surface area contributed by atoms with Crippen LogP contribution in [0.1, 0.15) is 56.3 Å². The van der Waals surface area contributed by atoms with Crippen molar-refractivity contribution in [3.05, 3.63) is 29.8 Å². The smallest absolute Gasteiger partial charge is 0.327 e. The number of rotatable bonds is 6. The van der Waals surface area contributed by atoms with E-state index in [9.17, 15) is 24.0 Å². The zero-order chi connectivity index (χ0) is 22.8. The van der Waals surface area contributed by atoms with Crippen LogP contribution in [0.5, 0.6) is 0 Å². The van der Waals surface area contributed by atoms with Crippen molar-refractivity contribution in [2.24, 2.45) is 0 Å². The summed E-state index contributed by atoms with van der Waals surface area (Å²) in [6.07, 6.45) is 2.76. The molecular formula is C22H27N3O6. The fraction of sp³-hybridized carbons (Fsp3) is 0.500. The van der Waals surface area contributed by atoms with Crippen molar-refractivity contribution in [2.45, 2.75) is 57.6 Å². The van der Waals surface area contributed by atoms with Gasteiger partial charge in [0, 0.05) is 18.3 Å². The third-order valence-electron chi connectivity index (χ3n) is 6.01. The average Bonchev–Trinajstić information content (AvgIpc) is 2.91. The zero-order valence-electron chi connectivity index (χ0n) is 18.0. The van der Waals surface area contributed by atoms with E-state index < -0.39 is 36.1 Å². The third-order valence-corrected chi connectivity index (χ3v) is 6.01. The number of urea groups is 1. The van der Waals surface area contributed by atoms with Gasteiger partial charge in [-0.1, -0.05) is 19.3 Å². The molecule has 0 bridgehead atoms. The normalized spacial score (nSPS) is 18.8. The Hall–Kier alpha value is -3.23. The number of likely N-dealkylation sites (N-methyl/N-ethyl adjacent to an activating group) is 1. The lowest BCUT2D eigenvalue weighted by atomic mass is 9.81. The molecule has 1 saturated carbocycles. The largest absolute Gasteiger partial charge is 0.451 e. The Kier molecular flexibility index (Phi) is 6.42. The van der Waals surface area contributed by atoms with Crippen LogP contribution in [-0.2, 0) is 19.1 Å². The van der Waals surface area contributed by atoms with Crippen LogP contribution in [0.15, 0.2) is 24.3 Å². The number of anilines is 1. The van der Waals surface area contributed by atoms with Crippen LogP contribution >= 0.6 is 0 Å². The van der Waals surface area contributed by atoms with Gasteiger partial charge in [0.1, 0.15) is 12.1 Å². The van der Waals surface area contributed by atoms with Gasteiger partial charge in [-0.15, -0.1) is 0 Å². The summed E-state index contributed by atoms with van der Waals surface area (Å²) >= 11 is 0. The maximum absolute atomic E-state index is 12.9. The third kappa shape index (κ3) is 4.45. The summed E-state index contributed by atoms with van der Waals surface area (Å²) in [5.74, 6) is -1.87. The molecule has 1 spiro atoms. The molecule has 1 N–H and O–H groups in total. The maximum Gasteiger partial charge on any atom is 0.327 e. The van der Waals surface area contributed by atoms with E-state index in [4.69, 9.17) is 4.74 Å².